The Labute approximate surface area is 56.2 Å². The van der Waals surface area contributed by atoms with E-state index in [1.54, 1.807) is 13.8 Å². The lowest BCUT2D eigenvalue weighted by molar-refractivity contribution is 0.587. The second kappa shape index (κ2) is 1.97. The first-order valence-electron chi connectivity index (χ1n) is 3.28. The Morgan fingerprint density at radius 1 is 1.11 bits per heavy atom. The van der Waals surface area contributed by atoms with Gasteiger partial charge < -0.3 is 0 Å². The molecule has 1 aliphatic rings. The molecule has 0 spiro atoms. The SMILES string of the molecule is C[C@@H]1CC[C@H](C)S1(=O)=O. The van der Waals surface area contributed by atoms with Crippen LogP contribution < -0.4 is 0 Å². The predicted molar refractivity (Wildman–Crippen MR) is 37.1 cm³/mol. The van der Waals surface area contributed by atoms with Crippen molar-refractivity contribution in [2.24, 2.45) is 0 Å². The zero-order valence-corrected chi connectivity index (χ0v) is 6.61. The third-order valence-corrected chi connectivity index (χ3v) is 4.82. The molecule has 0 saturated carbocycles. The van der Waals surface area contributed by atoms with Crippen LogP contribution in [0, 0.1) is 0 Å². The van der Waals surface area contributed by atoms with E-state index in [1.807, 2.05) is 0 Å². The molecule has 0 aromatic heterocycles. The van der Waals surface area contributed by atoms with Crippen LogP contribution in [-0.2, 0) is 9.84 Å². The Balaban J connectivity index is 2.93. The van der Waals surface area contributed by atoms with E-state index in [4.69, 9.17) is 0 Å². The van der Waals surface area contributed by atoms with E-state index in [-0.39, 0.29) is 10.5 Å². The second-order valence-corrected chi connectivity index (χ2v) is 5.58. The smallest absolute Gasteiger partial charge is 0.155 e. The standard InChI is InChI=1S/C6H12O2S/c1-5-3-4-6(2)9(5,7)8/h5-6H,3-4H2,1-2H3/t5-,6+. The molecule has 54 valence electrons. The summed E-state index contributed by atoms with van der Waals surface area (Å²) in [4.78, 5) is 0. The Morgan fingerprint density at radius 2 is 1.44 bits per heavy atom. The maximum Gasteiger partial charge on any atom is 0.155 e. The first-order chi connectivity index (χ1) is 4.05. The summed E-state index contributed by atoms with van der Waals surface area (Å²) in [7, 11) is -2.70. The summed E-state index contributed by atoms with van der Waals surface area (Å²) in [6.45, 7) is 3.58. The highest BCUT2D eigenvalue weighted by Crippen LogP contribution is 2.25. The van der Waals surface area contributed by atoms with Crippen molar-refractivity contribution < 1.29 is 8.42 Å². The fourth-order valence-corrected chi connectivity index (χ4v) is 2.92. The van der Waals surface area contributed by atoms with Gasteiger partial charge in [-0.2, -0.15) is 0 Å². The van der Waals surface area contributed by atoms with Crippen molar-refractivity contribution in [2.45, 2.75) is 37.2 Å². The van der Waals surface area contributed by atoms with Crippen molar-refractivity contribution in [3.8, 4) is 0 Å². The molecule has 9 heavy (non-hydrogen) atoms. The topological polar surface area (TPSA) is 34.1 Å². The van der Waals surface area contributed by atoms with Crippen LogP contribution in [0.5, 0.6) is 0 Å². The van der Waals surface area contributed by atoms with Crippen LogP contribution in [0.4, 0.5) is 0 Å². The van der Waals surface area contributed by atoms with Crippen molar-refractivity contribution in [1.29, 1.82) is 0 Å². The van der Waals surface area contributed by atoms with Gasteiger partial charge in [0.25, 0.3) is 0 Å². The van der Waals surface area contributed by atoms with Crippen LogP contribution in [-0.4, -0.2) is 18.9 Å². The Bertz CT molecular complexity index is 177. The fraction of sp³-hybridized carbons (Fsp3) is 1.00. The molecule has 0 bridgehead atoms. The van der Waals surface area contributed by atoms with Crippen molar-refractivity contribution in [2.75, 3.05) is 0 Å². The van der Waals surface area contributed by atoms with Gasteiger partial charge in [-0.25, -0.2) is 8.42 Å². The molecule has 0 aliphatic carbocycles. The van der Waals surface area contributed by atoms with Gasteiger partial charge in [-0.05, 0) is 26.7 Å². The maximum absolute atomic E-state index is 11.1. The number of sulfone groups is 1. The van der Waals surface area contributed by atoms with Crippen LogP contribution in [0.1, 0.15) is 26.7 Å². The molecule has 1 fully saturated rings. The monoisotopic (exact) mass is 148 g/mol. The number of rotatable bonds is 0. The van der Waals surface area contributed by atoms with E-state index < -0.39 is 9.84 Å². The molecule has 0 aromatic rings. The second-order valence-electron chi connectivity index (χ2n) is 2.79. The summed E-state index contributed by atoms with van der Waals surface area (Å²) < 4.78 is 22.2. The highest BCUT2D eigenvalue weighted by atomic mass is 32.2. The minimum absolute atomic E-state index is 0.0903. The Kier molecular flexibility index (Phi) is 1.55. The van der Waals surface area contributed by atoms with Gasteiger partial charge in [-0.3, -0.25) is 0 Å². The van der Waals surface area contributed by atoms with Gasteiger partial charge in [0.2, 0.25) is 0 Å². The van der Waals surface area contributed by atoms with Crippen LogP contribution in [0.25, 0.3) is 0 Å². The molecule has 0 aromatic carbocycles. The molecule has 1 aliphatic heterocycles. The zero-order valence-electron chi connectivity index (χ0n) is 5.79. The van der Waals surface area contributed by atoms with E-state index >= 15 is 0 Å². The normalized spacial score (nSPS) is 41.1. The van der Waals surface area contributed by atoms with Crippen LogP contribution in [0.3, 0.4) is 0 Å². The maximum atomic E-state index is 11.1. The molecule has 1 saturated heterocycles. The molecule has 0 amide bonds. The minimum Gasteiger partial charge on any atom is -0.228 e. The lowest BCUT2D eigenvalue weighted by atomic mass is 10.2. The van der Waals surface area contributed by atoms with Crippen molar-refractivity contribution in [3.05, 3.63) is 0 Å². The molecule has 0 N–H and O–H groups in total. The highest BCUT2D eigenvalue weighted by molar-refractivity contribution is 7.92. The van der Waals surface area contributed by atoms with E-state index in [2.05, 4.69) is 0 Å². The minimum atomic E-state index is -2.70. The predicted octanol–water partition coefficient (Wildman–Crippen LogP) is 0.972. The van der Waals surface area contributed by atoms with E-state index in [9.17, 15) is 8.42 Å². The van der Waals surface area contributed by atoms with Gasteiger partial charge in [0.05, 0.1) is 10.5 Å². The molecule has 0 unspecified atom stereocenters. The van der Waals surface area contributed by atoms with Crippen LogP contribution >= 0.6 is 0 Å². The zero-order chi connectivity index (χ0) is 7.07. The lowest BCUT2D eigenvalue weighted by Crippen LogP contribution is -2.17. The average Bonchev–Trinajstić information content (AvgIpc) is 1.96. The summed E-state index contributed by atoms with van der Waals surface area (Å²) in [6.07, 6.45) is 1.70. The molecule has 2 atom stereocenters. The molecular formula is C6H12O2S. The van der Waals surface area contributed by atoms with E-state index in [0.29, 0.717) is 0 Å². The Hall–Kier alpha value is -0.0500. The molecule has 3 heteroatoms. The van der Waals surface area contributed by atoms with Gasteiger partial charge in [0.15, 0.2) is 9.84 Å². The summed E-state index contributed by atoms with van der Waals surface area (Å²) in [5.74, 6) is 0. The quantitative estimate of drug-likeness (QED) is 0.513. The van der Waals surface area contributed by atoms with Gasteiger partial charge in [-0.15, -0.1) is 0 Å². The first kappa shape index (κ1) is 7.06. The summed E-state index contributed by atoms with van der Waals surface area (Å²) in [6, 6.07) is 0. The van der Waals surface area contributed by atoms with E-state index in [0.717, 1.165) is 12.8 Å². The molecule has 1 heterocycles. The third-order valence-electron chi connectivity index (χ3n) is 2.10. The van der Waals surface area contributed by atoms with Crippen molar-refractivity contribution in [3.63, 3.8) is 0 Å². The Morgan fingerprint density at radius 3 is 1.56 bits per heavy atom. The average molecular weight is 148 g/mol. The third kappa shape index (κ3) is 0.980. The molecule has 2 nitrogen and oxygen atoms in total. The van der Waals surface area contributed by atoms with Gasteiger partial charge >= 0.3 is 0 Å². The lowest BCUT2D eigenvalue weighted by Gasteiger charge is -2.02. The largest absolute Gasteiger partial charge is 0.228 e. The molecule has 1 rings (SSSR count). The fourth-order valence-electron chi connectivity index (χ4n) is 1.19. The number of hydrogen-bond acceptors (Lipinski definition) is 2. The first-order valence-corrected chi connectivity index (χ1v) is 4.89. The highest BCUT2D eigenvalue weighted by Gasteiger charge is 2.34. The van der Waals surface area contributed by atoms with Gasteiger partial charge in [0.1, 0.15) is 0 Å². The molecular weight excluding hydrogens is 136 g/mol. The van der Waals surface area contributed by atoms with Gasteiger partial charge in [0, 0.05) is 0 Å². The van der Waals surface area contributed by atoms with Crippen molar-refractivity contribution >= 4 is 9.84 Å². The van der Waals surface area contributed by atoms with Crippen LogP contribution in [0.2, 0.25) is 0 Å². The summed E-state index contributed by atoms with van der Waals surface area (Å²) in [5, 5.41) is -0.181. The summed E-state index contributed by atoms with van der Waals surface area (Å²) in [5.41, 5.74) is 0. The molecule has 0 radical (unpaired) electrons. The van der Waals surface area contributed by atoms with Crippen LogP contribution in [0.15, 0.2) is 0 Å². The number of hydrogen-bond donors (Lipinski definition) is 0. The van der Waals surface area contributed by atoms with Gasteiger partial charge in [-0.1, -0.05) is 0 Å². The van der Waals surface area contributed by atoms with Crippen molar-refractivity contribution in [1.82, 2.24) is 0 Å². The summed E-state index contributed by atoms with van der Waals surface area (Å²) >= 11 is 0. The van der Waals surface area contributed by atoms with E-state index in [1.165, 1.54) is 0 Å².